The Kier molecular flexibility index (Phi) is 4.19. The summed E-state index contributed by atoms with van der Waals surface area (Å²) in [6, 6.07) is 4.23. The highest BCUT2D eigenvalue weighted by Gasteiger charge is 2.32. The molecule has 2 unspecified atom stereocenters. The molecule has 1 N–H and O–H groups in total. The van der Waals surface area contributed by atoms with Gasteiger partial charge >= 0.3 is 0 Å². The van der Waals surface area contributed by atoms with Gasteiger partial charge < -0.3 is 10.2 Å². The van der Waals surface area contributed by atoms with E-state index in [1.165, 1.54) is 18.6 Å². The monoisotopic (exact) mass is 294 g/mol. The van der Waals surface area contributed by atoms with Gasteiger partial charge in [0.15, 0.2) is 11.6 Å². The predicted octanol–water partition coefficient (Wildman–Crippen LogP) is 2.57. The minimum atomic E-state index is -1.04. The van der Waals surface area contributed by atoms with Gasteiger partial charge in [-0.25, -0.2) is 8.78 Å². The van der Waals surface area contributed by atoms with Crippen molar-refractivity contribution in [2.45, 2.75) is 31.7 Å². The zero-order valence-corrected chi connectivity index (χ0v) is 11.9. The normalized spacial score (nSPS) is 26.1. The summed E-state index contributed by atoms with van der Waals surface area (Å²) in [7, 11) is 0. The number of hydrogen-bond donors (Lipinski definition) is 1. The van der Waals surface area contributed by atoms with Gasteiger partial charge in [0, 0.05) is 19.1 Å². The van der Waals surface area contributed by atoms with Gasteiger partial charge in [-0.1, -0.05) is 6.07 Å². The third-order valence-corrected chi connectivity index (χ3v) is 4.59. The molecule has 3 nitrogen and oxygen atoms in total. The van der Waals surface area contributed by atoms with Gasteiger partial charge in [0.25, 0.3) is 5.91 Å². The number of rotatable bonds is 2. The van der Waals surface area contributed by atoms with Crippen molar-refractivity contribution in [3.8, 4) is 0 Å². The second-order valence-electron chi connectivity index (χ2n) is 5.96. The van der Waals surface area contributed by atoms with E-state index in [1.807, 2.05) is 0 Å². The second kappa shape index (κ2) is 6.10. The molecule has 2 aliphatic rings. The quantitative estimate of drug-likeness (QED) is 0.909. The highest BCUT2D eigenvalue weighted by Crippen LogP contribution is 2.26. The molecule has 2 atom stereocenters. The van der Waals surface area contributed by atoms with Crippen molar-refractivity contribution in [1.29, 1.82) is 0 Å². The highest BCUT2D eigenvalue weighted by atomic mass is 19.2. The first-order valence-electron chi connectivity index (χ1n) is 7.63. The molecule has 0 aromatic heterocycles. The van der Waals surface area contributed by atoms with Gasteiger partial charge in [-0.3, -0.25) is 4.79 Å². The predicted molar refractivity (Wildman–Crippen MR) is 76.0 cm³/mol. The number of nitrogens with one attached hydrogen (secondary N) is 1. The van der Waals surface area contributed by atoms with Crippen LogP contribution in [0.1, 0.15) is 36.0 Å². The molecule has 2 heterocycles. The number of carbonyl (C=O) groups is 1. The summed E-state index contributed by atoms with van der Waals surface area (Å²) in [5, 5.41) is 3.47. The Bertz CT molecular complexity index is 529. The average Bonchev–Trinajstić information content (AvgIpc) is 3.04. The summed E-state index contributed by atoms with van der Waals surface area (Å²) in [6.07, 6.45) is 4.33. The van der Waals surface area contributed by atoms with E-state index in [2.05, 4.69) is 5.32 Å². The Labute approximate surface area is 123 Å². The van der Waals surface area contributed by atoms with Crippen molar-refractivity contribution in [3.63, 3.8) is 0 Å². The fraction of sp³-hybridized carbons (Fsp3) is 0.562. The Morgan fingerprint density at radius 1 is 1.24 bits per heavy atom. The Morgan fingerprint density at radius 2 is 2.10 bits per heavy atom. The van der Waals surface area contributed by atoms with E-state index in [0.717, 1.165) is 31.9 Å². The zero-order valence-electron chi connectivity index (χ0n) is 11.9. The van der Waals surface area contributed by atoms with E-state index >= 15 is 0 Å². The fourth-order valence-electron chi connectivity index (χ4n) is 3.48. The van der Waals surface area contributed by atoms with Crippen LogP contribution in [0.4, 0.5) is 8.78 Å². The molecule has 0 saturated carbocycles. The Hall–Kier alpha value is -1.49. The number of hydrogen-bond acceptors (Lipinski definition) is 2. The zero-order chi connectivity index (χ0) is 14.8. The van der Waals surface area contributed by atoms with Crippen LogP contribution < -0.4 is 5.32 Å². The number of carbonyl (C=O) groups excluding carboxylic acids is 1. The molecule has 0 spiro atoms. The second-order valence-corrected chi connectivity index (χ2v) is 5.96. The van der Waals surface area contributed by atoms with E-state index in [9.17, 15) is 13.6 Å². The summed E-state index contributed by atoms with van der Waals surface area (Å²) in [5.74, 6) is -1.98. The van der Waals surface area contributed by atoms with Gasteiger partial charge in [-0.05, 0) is 50.3 Å². The van der Waals surface area contributed by atoms with Crippen molar-refractivity contribution >= 4 is 5.91 Å². The summed E-state index contributed by atoms with van der Waals surface area (Å²) in [6.45, 7) is 2.29. The van der Waals surface area contributed by atoms with Crippen LogP contribution >= 0.6 is 0 Å². The molecule has 5 heteroatoms. The van der Waals surface area contributed by atoms with Crippen LogP contribution in [-0.2, 0) is 0 Å². The Morgan fingerprint density at radius 3 is 2.86 bits per heavy atom. The van der Waals surface area contributed by atoms with E-state index in [1.54, 1.807) is 4.90 Å². The van der Waals surface area contributed by atoms with Crippen molar-refractivity contribution < 1.29 is 13.6 Å². The number of nitrogens with zero attached hydrogens (tertiary/aromatic N) is 1. The maximum atomic E-state index is 13.8. The lowest BCUT2D eigenvalue weighted by Gasteiger charge is -2.36. The maximum absolute atomic E-state index is 13.8. The standard InChI is InChI=1S/C16H20F2N2O/c17-13-6-1-5-12(15(13)18)16(21)20-9-3-4-11(10-20)14-7-2-8-19-14/h1,5-6,11,14,19H,2-4,7-10H2. The summed E-state index contributed by atoms with van der Waals surface area (Å²) in [5.41, 5.74) is -0.157. The molecule has 2 saturated heterocycles. The van der Waals surface area contributed by atoms with Gasteiger partial charge in [-0.15, -0.1) is 0 Å². The maximum Gasteiger partial charge on any atom is 0.256 e. The van der Waals surface area contributed by atoms with Crippen LogP contribution in [0.2, 0.25) is 0 Å². The number of piperidine rings is 1. The number of likely N-dealkylation sites (tertiary alicyclic amines) is 1. The van der Waals surface area contributed by atoms with Crippen LogP contribution in [-0.4, -0.2) is 36.5 Å². The molecule has 3 rings (SSSR count). The molecule has 1 amide bonds. The molecular weight excluding hydrogens is 274 g/mol. The van der Waals surface area contributed by atoms with Gasteiger partial charge in [0.1, 0.15) is 0 Å². The summed E-state index contributed by atoms with van der Waals surface area (Å²) >= 11 is 0. The van der Waals surface area contributed by atoms with Crippen LogP contribution in [0.5, 0.6) is 0 Å². The lowest BCUT2D eigenvalue weighted by atomic mass is 9.89. The van der Waals surface area contributed by atoms with E-state index in [0.29, 0.717) is 25.0 Å². The third-order valence-electron chi connectivity index (χ3n) is 4.59. The number of benzene rings is 1. The fourth-order valence-corrected chi connectivity index (χ4v) is 3.48. The molecule has 2 aliphatic heterocycles. The van der Waals surface area contributed by atoms with Gasteiger partial charge in [0.05, 0.1) is 5.56 Å². The minimum absolute atomic E-state index is 0.157. The first kappa shape index (κ1) is 14.4. The molecule has 2 fully saturated rings. The number of amides is 1. The van der Waals surface area contributed by atoms with Crippen LogP contribution in [0.15, 0.2) is 18.2 Å². The SMILES string of the molecule is O=C(c1cccc(F)c1F)N1CCCC(C2CCCN2)C1. The molecule has 0 aliphatic carbocycles. The third kappa shape index (κ3) is 2.93. The molecule has 0 bridgehead atoms. The first-order chi connectivity index (χ1) is 10.2. The van der Waals surface area contributed by atoms with Gasteiger partial charge in [-0.2, -0.15) is 0 Å². The van der Waals surface area contributed by atoms with Crippen molar-refractivity contribution in [2.24, 2.45) is 5.92 Å². The first-order valence-corrected chi connectivity index (χ1v) is 7.63. The largest absolute Gasteiger partial charge is 0.338 e. The Balaban J connectivity index is 1.73. The molecule has 1 aromatic carbocycles. The van der Waals surface area contributed by atoms with E-state index < -0.39 is 17.5 Å². The number of halogens is 2. The molecule has 21 heavy (non-hydrogen) atoms. The topological polar surface area (TPSA) is 32.3 Å². The van der Waals surface area contributed by atoms with Crippen LogP contribution in [0.25, 0.3) is 0 Å². The molecule has 114 valence electrons. The minimum Gasteiger partial charge on any atom is -0.338 e. The van der Waals surface area contributed by atoms with Crippen molar-refractivity contribution in [2.75, 3.05) is 19.6 Å². The lowest BCUT2D eigenvalue weighted by Crippen LogP contribution is -2.46. The van der Waals surface area contributed by atoms with Gasteiger partial charge in [0.2, 0.25) is 0 Å². The van der Waals surface area contributed by atoms with Crippen LogP contribution in [0, 0.1) is 17.6 Å². The summed E-state index contributed by atoms with van der Waals surface area (Å²) in [4.78, 5) is 14.1. The van der Waals surface area contributed by atoms with E-state index in [-0.39, 0.29) is 5.56 Å². The summed E-state index contributed by atoms with van der Waals surface area (Å²) < 4.78 is 27.0. The van der Waals surface area contributed by atoms with E-state index in [4.69, 9.17) is 0 Å². The van der Waals surface area contributed by atoms with Crippen LogP contribution in [0.3, 0.4) is 0 Å². The molecule has 0 radical (unpaired) electrons. The lowest BCUT2D eigenvalue weighted by molar-refractivity contribution is 0.0645. The van der Waals surface area contributed by atoms with Crippen molar-refractivity contribution in [3.05, 3.63) is 35.4 Å². The molecule has 1 aromatic rings. The van der Waals surface area contributed by atoms with Crippen molar-refractivity contribution in [1.82, 2.24) is 10.2 Å². The highest BCUT2D eigenvalue weighted by molar-refractivity contribution is 5.94. The average molecular weight is 294 g/mol. The smallest absolute Gasteiger partial charge is 0.256 e. The molecular formula is C16H20F2N2O.